The lowest BCUT2D eigenvalue weighted by Crippen LogP contribution is -2.32. The van der Waals surface area contributed by atoms with Crippen molar-refractivity contribution in [1.82, 2.24) is 15.6 Å². The molecule has 6 nitrogen and oxygen atoms in total. The van der Waals surface area contributed by atoms with Crippen molar-refractivity contribution in [2.75, 3.05) is 25.5 Å². The molecule has 1 heterocycles. The Morgan fingerprint density at radius 1 is 1.33 bits per heavy atom. The lowest BCUT2D eigenvalue weighted by molar-refractivity contribution is -0.121. The quantitative estimate of drug-likeness (QED) is 0.705. The molecule has 0 saturated carbocycles. The van der Waals surface area contributed by atoms with Gasteiger partial charge in [0.2, 0.25) is 5.91 Å². The van der Waals surface area contributed by atoms with Gasteiger partial charge < -0.3 is 16.0 Å². The second kappa shape index (κ2) is 8.18. The summed E-state index contributed by atoms with van der Waals surface area (Å²) in [7, 11) is 1.52. The summed E-state index contributed by atoms with van der Waals surface area (Å²) >= 11 is 0. The van der Waals surface area contributed by atoms with Crippen LogP contribution in [-0.2, 0) is 4.79 Å². The molecule has 0 saturated heterocycles. The van der Waals surface area contributed by atoms with Crippen molar-refractivity contribution in [3.05, 3.63) is 23.6 Å². The number of nitrogens with zero attached hydrogens (tertiary/aromatic N) is 1. The van der Waals surface area contributed by atoms with E-state index in [-0.39, 0.29) is 30.3 Å². The van der Waals surface area contributed by atoms with Crippen LogP contribution in [0.5, 0.6) is 0 Å². The topological polar surface area (TPSA) is 83.1 Å². The number of carbonyl (C=O) groups excluding carboxylic acids is 2. The SMILES string of the molecule is CNc1nccc(C(=O)NCCC(=O)NCC(C)C)c1F. The zero-order valence-electron chi connectivity index (χ0n) is 12.5. The fraction of sp³-hybridized carbons (Fsp3) is 0.500. The predicted molar refractivity (Wildman–Crippen MR) is 78.5 cm³/mol. The number of nitrogens with one attached hydrogen (secondary N) is 3. The number of hydrogen-bond donors (Lipinski definition) is 3. The average molecular weight is 296 g/mol. The molecule has 0 unspecified atom stereocenters. The van der Waals surface area contributed by atoms with Gasteiger partial charge in [-0.25, -0.2) is 9.37 Å². The van der Waals surface area contributed by atoms with Crippen molar-refractivity contribution < 1.29 is 14.0 Å². The fourth-order valence-electron chi connectivity index (χ4n) is 1.58. The largest absolute Gasteiger partial charge is 0.371 e. The first-order chi connectivity index (χ1) is 9.95. The zero-order valence-corrected chi connectivity index (χ0v) is 12.5. The number of anilines is 1. The summed E-state index contributed by atoms with van der Waals surface area (Å²) in [6.45, 7) is 4.73. The number of rotatable bonds is 7. The van der Waals surface area contributed by atoms with Crippen LogP contribution in [0.2, 0.25) is 0 Å². The Kier molecular flexibility index (Phi) is 6.58. The summed E-state index contributed by atoms with van der Waals surface area (Å²) in [4.78, 5) is 27.1. The Balaban J connectivity index is 2.46. The van der Waals surface area contributed by atoms with Gasteiger partial charge in [-0.15, -0.1) is 0 Å². The molecular weight excluding hydrogens is 275 g/mol. The molecule has 3 N–H and O–H groups in total. The van der Waals surface area contributed by atoms with Crippen molar-refractivity contribution in [3.63, 3.8) is 0 Å². The summed E-state index contributed by atoms with van der Waals surface area (Å²) in [5.74, 6) is -1.04. The summed E-state index contributed by atoms with van der Waals surface area (Å²) in [6.07, 6.45) is 1.50. The monoisotopic (exact) mass is 296 g/mol. The van der Waals surface area contributed by atoms with Crippen LogP contribution < -0.4 is 16.0 Å². The maximum absolute atomic E-state index is 13.9. The summed E-state index contributed by atoms with van der Waals surface area (Å²) in [5, 5.41) is 7.82. The van der Waals surface area contributed by atoms with Gasteiger partial charge in [-0.3, -0.25) is 9.59 Å². The van der Waals surface area contributed by atoms with Gasteiger partial charge in [-0.2, -0.15) is 0 Å². The maximum atomic E-state index is 13.9. The van der Waals surface area contributed by atoms with Crippen LogP contribution in [0, 0.1) is 11.7 Å². The predicted octanol–water partition coefficient (Wildman–Crippen LogP) is 1.15. The lowest BCUT2D eigenvalue weighted by Gasteiger charge is -2.09. The van der Waals surface area contributed by atoms with Gasteiger partial charge >= 0.3 is 0 Å². The number of halogens is 1. The molecule has 21 heavy (non-hydrogen) atoms. The molecule has 1 aromatic rings. The van der Waals surface area contributed by atoms with Crippen LogP contribution in [0.1, 0.15) is 30.6 Å². The minimum atomic E-state index is -0.707. The first kappa shape index (κ1) is 16.9. The van der Waals surface area contributed by atoms with Crippen molar-refractivity contribution in [2.24, 2.45) is 5.92 Å². The Morgan fingerprint density at radius 2 is 2.05 bits per heavy atom. The molecule has 0 aliphatic heterocycles. The molecule has 7 heteroatoms. The minimum absolute atomic E-state index is 0.0114. The lowest BCUT2D eigenvalue weighted by atomic mass is 10.2. The first-order valence-electron chi connectivity index (χ1n) is 6.82. The third kappa shape index (κ3) is 5.37. The van der Waals surface area contributed by atoms with Crippen molar-refractivity contribution >= 4 is 17.6 Å². The normalized spacial score (nSPS) is 10.3. The van der Waals surface area contributed by atoms with Crippen molar-refractivity contribution in [3.8, 4) is 0 Å². The van der Waals surface area contributed by atoms with Gasteiger partial charge in [-0.05, 0) is 12.0 Å². The molecule has 0 aromatic carbocycles. The Hall–Kier alpha value is -2.18. The highest BCUT2D eigenvalue weighted by Crippen LogP contribution is 2.13. The minimum Gasteiger partial charge on any atom is -0.371 e. The Bertz CT molecular complexity index is 506. The number of hydrogen-bond acceptors (Lipinski definition) is 4. The highest BCUT2D eigenvalue weighted by molar-refractivity contribution is 5.95. The van der Waals surface area contributed by atoms with Crippen molar-refractivity contribution in [1.29, 1.82) is 0 Å². The molecule has 0 aliphatic carbocycles. The van der Waals surface area contributed by atoms with Gasteiger partial charge in [0.1, 0.15) is 0 Å². The molecule has 1 rings (SSSR count). The van der Waals surface area contributed by atoms with Crippen LogP contribution in [0.25, 0.3) is 0 Å². The van der Waals surface area contributed by atoms with Gasteiger partial charge in [0.15, 0.2) is 11.6 Å². The number of amides is 2. The Labute approximate surface area is 123 Å². The molecule has 0 aliphatic rings. The smallest absolute Gasteiger partial charge is 0.254 e. The van der Waals surface area contributed by atoms with E-state index in [0.29, 0.717) is 12.5 Å². The molecule has 0 radical (unpaired) electrons. The van der Waals surface area contributed by atoms with Gasteiger partial charge in [0.25, 0.3) is 5.91 Å². The van der Waals surface area contributed by atoms with Crippen molar-refractivity contribution in [2.45, 2.75) is 20.3 Å². The van der Waals surface area contributed by atoms with Gasteiger partial charge in [0.05, 0.1) is 5.56 Å². The van der Waals surface area contributed by atoms with Crippen LogP contribution in [0.15, 0.2) is 12.3 Å². The van der Waals surface area contributed by atoms with E-state index in [1.165, 1.54) is 19.3 Å². The molecule has 0 atom stereocenters. The van der Waals surface area contributed by atoms with E-state index in [1.807, 2.05) is 13.8 Å². The highest BCUT2D eigenvalue weighted by atomic mass is 19.1. The molecule has 116 valence electrons. The number of carbonyl (C=O) groups is 2. The van der Waals surface area contributed by atoms with Gasteiger partial charge in [0, 0.05) is 32.8 Å². The van der Waals surface area contributed by atoms with Crippen LogP contribution in [0.3, 0.4) is 0 Å². The number of pyridine rings is 1. The highest BCUT2D eigenvalue weighted by Gasteiger charge is 2.15. The number of aromatic nitrogens is 1. The molecule has 0 spiro atoms. The van der Waals surface area contributed by atoms with E-state index < -0.39 is 11.7 Å². The fourth-order valence-corrected chi connectivity index (χ4v) is 1.58. The van der Waals surface area contributed by atoms with E-state index in [2.05, 4.69) is 20.9 Å². The van der Waals surface area contributed by atoms with E-state index in [4.69, 9.17) is 0 Å². The standard InChI is InChI=1S/C14H21FN4O2/c1-9(2)8-19-11(20)5-7-18-14(21)10-4-6-17-13(16-3)12(10)15/h4,6,9H,5,7-8H2,1-3H3,(H,16,17)(H,18,21)(H,19,20). The van der Waals surface area contributed by atoms with E-state index >= 15 is 0 Å². The molecule has 2 amide bonds. The van der Waals surface area contributed by atoms with E-state index in [1.54, 1.807) is 0 Å². The second-order valence-electron chi connectivity index (χ2n) is 4.97. The Morgan fingerprint density at radius 3 is 2.67 bits per heavy atom. The summed E-state index contributed by atoms with van der Waals surface area (Å²) < 4.78 is 13.9. The van der Waals surface area contributed by atoms with E-state index in [0.717, 1.165) is 0 Å². The molecule has 1 aromatic heterocycles. The summed E-state index contributed by atoms with van der Waals surface area (Å²) in [6, 6.07) is 1.30. The second-order valence-corrected chi connectivity index (χ2v) is 4.97. The zero-order chi connectivity index (χ0) is 15.8. The van der Waals surface area contributed by atoms with Crippen LogP contribution in [-0.4, -0.2) is 36.9 Å². The molecule has 0 fully saturated rings. The van der Waals surface area contributed by atoms with E-state index in [9.17, 15) is 14.0 Å². The molecule has 0 bridgehead atoms. The van der Waals surface area contributed by atoms with Crippen LogP contribution in [0.4, 0.5) is 10.2 Å². The maximum Gasteiger partial charge on any atom is 0.254 e. The van der Waals surface area contributed by atoms with Gasteiger partial charge in [-0.1, -0.05) is 13.8 Å². The first-order valence-corrected chi connectivity index (χ1v) is 6.82. The third-order valence-electron chi connectivity index (χ3n) is 2.72. The third-order valence-corrected chi connectivity index (χ3v) is 2.72. The van der Waals surface area contributed by atoms with Crippen LogP contribution >= 0.6 is 0 Å². The summed E-state index contributed by atoms with van der Waals surface area (Å²) in [5.41, 5.74) is -0.100. The molecular formula is C14H21FN4O2. The average Bonchev–Trinajstić information content (AvgIpc) is 2.45.